The molecule has 6 heteroatoms. The Bertz CT molecular complexity index is 500. The fourth-order valence-corrected chi connectivity index (χ4v) is 2.82. The monoisotopic (exact) mass is 312 g/mol. The predicted octanol–water partition coefficient (Wildman–Crippen LogP) is 2.40. The number of carbonyl (C=O) groups excluding carboxylic acids is 1. The van der Waals surface area contributed by atoms with Gasteiger partial charge in [0.05, 0.1) is 30.9 Å². The van der Waals surface area contributed by atoms with Crippen LogP contribution in [0.5, 0.6) is 5.75 Å². The maximum absolute atomic E-state index is 12.1. The molecule has 1 N–H and O–H groups in total. The van der Waals surface area contributed by atoms with E-state index in [4.69, 9.17) is 21.1 Å². The summed E-state index contributed by atoms with van der Waals surface area (Å²) in [5.74, 6) is 0.531. The third-order valence-electron chi connectivity index (χ3n) is 3.30. The van der Waals surface area contributed by atoms with Crippen molar-refractivity contribution in [3.63, 3.8) is 0 Å². The molecular formula is C15H21ClN2O3. The Hall–Kier alpha value is -1.30. The molecular weight excluding hydrogens is 292 g/mol. The number of carbonyl (C=O) groups is 1. The van der Waals surface area contributed by atoms with Gasteiger partial charge in [-0.05, 0) is 32.0 Å². The summed E-state index contributed by atoms with van der Waals surface area (Å²) >= 11 is 6.04. The maximum atomic E-state index is 12.1. The zero-order valence-electron chi connectivity index (χ0n) is 12.6. The van der Waals surface area contributed by atoms with Crippen LogP contribution in [-0.2, 0) is 9.53 Å². The van der Waals surface area contributed by atoms with Crippen molar-refractivity contribution < 1.29 is 14.3 Å². The molecule has 1 aliphatic rings. The lowest BCUT2D eigenvalue weighted by Gasteiger charge is -2.34. The van der Waals surface area contributed by atoms with E-state index in [1.807, 2.05) is 13.8 Å². The number of amides is 1. The highest BCUT2D eigenvalue weighted by Gasteiger charge is 2.23. The molecule has 21 heavy (non-hydrogen) atoms. The van der Waals surface area contributed by atoms with Crippen LogP contribution in [0.1, 0.15) is 13.8 Å². The summed E-state index contributed by atoms with van der Waals surface area (Å²) in [6, 6.07) is 5.19. The Kier molecular flexibility index (Phi) is 5.45. The topological polar surface area (TPSA) is 50.8 Å². The fraction of sp³-hybridized carbons (Fsp3) is 0.533. The molecule has 1 aromatic rings. The van der Waals surface area contributed by atoms with Crippen molar-refractivity contribution in [1.29, 1.82) is 0 Å². The maximum Gasteiger partial charge on any atom is 0.238 e. The summed E-state index contributed by atoms with van der Waals surface area (Å²) in [4.78, 5) is 14.2. The van der Waals surface area contributed by atoms with Crippen molar-refractivity contribution >= 4 is 23.2 Å². The lowest BCUT2D eigenvalue weighted by atomic mass is 10.2. The molecule has 0 spiro atoms. The first kappa shape index (κ1) is 16.1. The third-order valence-corrected chi connectivity index (χ3v) is 3.59. The Morgan fingerprint density at radius 3 is 2.67 bits per heavy atom. The highest BCUT2D eigenvalue weighted by Crippen LogP contribution is 2.27. The lowest BCUT2D eigenvalue weighted by molar-refractivity contribution is -0.121. The van der Waals surface area contributed by atoms with Crippen molar-refractivity contribution in [3.05, 3.63) is 23.2 Å². The molecule has 1 aromatic carbocycles. The average Bonchev–Trinajstić information content (AvgIpc) is 2.37. The van der Waals surface area contributed by atoms with E-state index < -0.39 is 0 Å². The number of rotatable bonds is 4. The van der Waals surface area contributed by atoms with Gasteiger partial charge in [-0.1, -0.05) is 11.6 Å². The van der Waals surface area contributed by atoms with Crippen LogP contribution in [0.4, 0.5) is 5.69 Å². The number of morpholine rings is 1. The molecule has 1 saturated heterocycles. The zero-order chi connectivity index (χ0) is 15.4. The minimum atomic E-state index is -0.0578. The second kappa shape index (κ2) is 7.11. The van der Waals surface area contributed by atoms with Gasteiger partial charge in [-0.15, -0.1) is 0 Å². The van der Waals surface area contributed by atoms with E-state index in [0.717, 1.165) is 13.1 Å². The van der Waals surface area contributed by atoms with Crippen molar-refractivity contribution in [1.82, 2.24) is 4.90 Å². The number of anilines is 1. The number of benzene rings is 1. The predicted molar refractivity (Wildman–Crippen MR) is 83.1 cm³/mol. The first-order valence-electron chi connectivity index (χ1n) is 6.99. The van der Waals surface area contributed by atoms with E-state index in [9.17, 15) is 4.79 Å². The van der Waals surface area contributed by atoms with Crippen molar-refractivity contribution in [3.8, 4) is 5.75 Å². The summed E-state index contributed by atoms with van der Waals surface area (Å²) in [7, 11) is 1.56. The molecule has 1 aliphatic heterocycles. The Balaban J connectivity index is 1.91. The summed E-state index contributed by atoms with van der Waals surface area (Å²) in [5.41, 5.74) is 0.667. The number of nitrogens with zero attached hydrogens (tertiary/aromatic N) is 1. The van der Waals surface area contributed by atoms with E-state index in [2.05, 4.69) is 10.2 Å². The van der Waals surface area contributed by atoms with E-state index in [0.29, 0.717) is 23.0 Å². The highest BCUT2D eigenvalue weighted by atomic mass is 35.5. The van der Waals surface area contributed by atoms with E-state index >= 15 is 0 Å². The molecule has 0 aliphatic carbocycles. The zero-order valence-corrected chi connectivity index (χ0v) is 13.3. The van der Waals surface area contributed by atoms with E-state index in [1.54, 1.807) is 25.3 Å². The highest BCUT2D eigenvalue weighted by molar-refractivity contribution is 6.32. The molecule has 0 aromatic heterocycles. The van der Waals surface area contributed by atoms with E-state index in [1.165, 1.54) is 0 Å². The van der Waals surface area contributed by atoms with Crippen LogP contribution in [0.2, 0.25) is 5.02 Å². The smallest absolute Gasteiger partial charge is 0.238 e. The first-order valence-corrected chi connectivity index (χ1v) is 7.37. The van der Waals surface area contributed by atoms with Gasteiger partial charge in [0, 0.05) is 18.8 Å². The molecule has 0 bridgehead atoms. The molecule has 5 nitrogen and oxygen atoms in total. The standard InChI is InChI=1S/C15H21ClN2O3/c1-10-7-18(8-11(2)21-10)9-15(19)17-12-4-5-14(20-3)13(16)6-12/h4-6,10-11H,7-9H2,1-3H3,(H,17,19)/t10-,11-/m1/s1. The van der Waals surface area contributed by atoms with Crippen molar-refractivity contribution in [2.45, 2.75) is 26.1 Å². The largest absolute Gasteiger partial charge is 0.495 e. The van der Waals surface area contributed by atoms with Gasteiger partial charge in [0.1, 0.15) is 5.75 Å². The second-order valence-electron chi connectivity index (χ2n) is 5.35. The molecule has 0 radical (unpaired) electrons. The number of ether oxygens (including phenoxy) is 2. The van der Waals surface area contributed by atoms with E-state index in [-0.39, 0.29) is 18.1 Å². The molecule has 1 amide bonds. The number of halogens is 1. The van der Waals surface area contributed by atoms with Crippen LogP contribution in [0.25, 0.3) is 0 Å². The second-order valence-corrected chi connectivity index (χ2v) is 5.76. The Morgan fingerprint density at radius 2 is 2.10 bits per heavy atom. The minimum absolute atomic E-state index is 0.0578. The molecule has 0 saturated carbocycles. The molecule has 2 atom stereocenters. The van der Waals surface area contributed by atoms with Gasteiger partial charge in [0.15, 0.2) is 0 Å². The van der Waals surface area contributed by atoms with Gasteiger partial charge in [-0.25, -0.2) is 0 Å². The van der Waals surface area contributed by atoms with Crippen LogP contribution in [-0.4, -0.2) is 49.8 Å². The lowest BCUT2D eigenvalue weighted by Crippen LogP contribution is -2.48. The van der Waals surface area contributed by atoms with Crippen molar-refractivity contribution in [2.24, 2.45) is 0 Å². The van der Waals surface area contributed by atoms with Gasteiger partial charge in [-0.3, -0.25) is 9.69 Å². The normalized spacial score (nSPS) is 22.9. The number of hydrogen-bond acceptors (Lipinski definition) is 4. The summed E-state index contributed by atoms with van der Waals surface area (Å²) in [5, 5.41) is 3.33. The number of methoxy groups -OCH3 is 1. The van der Waals surface area contributed by atoms with Gasteiger partial charge in [0.2, 0.25) is 5.91 Å². The quantitative estimate of drug-likeness (QED) is 0.927. The van der Waals surface area contributed by atoms with Crippen LogP contribution < -0.4 is 10.1 Å². The first-order chi connectivity index (χ1) is 9.97. The van der Waals surface area contributed by atoms with Crippen LogP contribution in [0, 0.1) is 0 Å². The number of hydrogen-bond donors (Lipinski definition) is 1. The Morgan fingerprint density at radius 1 is 1.43 bits per heavy atom. The number of nitrogens with one attached hydrogen (secondary N) is 1. The van der Waals surface area contributed by atoms with Gasteiger partial charge in [0.25, 0.3) is 0 Å². The molecule has 116 valence electrons. The van der Waals surface area contributed by atoms with Gasteiger partial charge in [-0.2, -0.15) is 0 Å². The summed E-state index contributed by atoms with van der Waals surface area (Å²) in [6.45, 7) is 5.91. The average molecular weight is 313 g/mol. The van der Waals surface area contributed by atoms with Crippen LogP contribution >= 0.6 is 11.6 Å². The molecule has 2 rings (SSSR count). The minimum Gasteiger partial charge on any atom is -0.495 e. The third kappa shape index (κ3) is 4.59. The van der Waals surface area contributed by atoms with Crippen LogP contribution in [0.3, 0.4) is 0 Å². The fourth-order valence-electron chi connectivity index (χ4n) is 2.56. The van der Waals surface area contributed by atoms with Crippen molar-refractivity contribution in [2.75, 3.05) is 32.1 Å². The SMILES string of the molecule is COc1ccc(NC(=O)CN2C[C@@H](C)O[C@H](C)C2)cc1Cl. The summed E-state index contributed by atoms with van der Waals surface area (Å²) in [6.07, 6.45) is 0.300. The van der Waals surface area contributed by atoms with Gasteiger partial charge >= 0.3 is 0 Å². The van der Waals surface area contributed by atoms with Crippen LogP contribution in [0.15, 0.2) is 18.2 Å². The molecule has 0 unspecified atom stereocenters. The molecule has 1 fully saturated rings. The van der Waals surface area contributed by atoms with Gasteiger partial charge < -0.3 is 14.8 Å². The Labute approximate surface area is 130 Å². The molecule has 1 heterocycles. The summed E-state index contributed by atoms with van der Waals surface area (Å²) < 4.78 is 10.7.